The standard InChI is InChI=1S/C19H20ClFN4OS/c1-11-10-23-25(2)17(11)15-8-16(27-18(15)20)19(26)24-14(9-22)7-12-3-5-13(21)6-4-12/h3-6,8,10,14H,7,9,22H2,1-2H3,(H,24,26). The number of amides is 1. The second-order valence-corrected chi connectivity index (χ2v) is 7.99. The van der Waals surface area contributed by atoms with Crippen LogP contribution in [-0.4, -0.2) is 28.3 Å². The summed E-state index contributed by atoms with van der Waals surface area (Å²) in [5.41, 5.74) is 9.37. The molecule has 0 fully saturated rings. The number of thiophene rings is 1. The molecule has 8 heteroatoms. The molecule has 2 heterocycles. The highest BCUT2D eigenvalue weighted by Crippen LogP contribution is 2.36. The van der Waals surface area contributed by atoms with E-state index >= 15 is 0 Å². The van der Waals surface area contributed by atoms with Crippen molar-refractivity contribution in [1.82, 2.24) is 15.1 Å². The summed E-state index contributed by atoms with van der Waals surface area (Å²) in [5, 5.41) is 7.15. The molecule has 3 aromatic rings. The molecule has 0 saturated heterocycles. The molecular weight excluding hydrogens is 387 g/mol. The summed E-state index contributed by atoms with van der Waals surface area (Å²) in [6, 6.07) is 7.69. The summed E-state index contributed by atoms with van der Waals surface area (Å²) in [6.07, 6.45) is 2.28. The van der Waals surface area contributed by atoms with E-state index in [1.54, 1.807) is 29.1 Å². The van der Waals surface area contributed by atoms with Gasteiger partial charge in [0.1, 0.15) is 10.2 Å². The number of aromatic nitrogens is 2. The van der Waals surface area contributed by atoms with Gasteiger partial charge in [0.25, 0.3) is 5.91 Å². The molecule has 0 spiro atoms. The van der Waals surface area contributed by atoms with Crippen molar-refractivity contribution >= 4 is 28.8 Å². The van der Waals surface area contributed by atoms with E-state index in [9.17, 15) is 9.18 Å². The maximum Gasteiger partial charge on any atom is 0.261 e. The predicted molar refractivity (Wildman–Crippen MR) is 107 cm³/mol. The molecule has 1 atom stereocenters. The Morgan fingerprint density at radius 3 is 2.70 bits per heavy atom. The van der Waals surface area contributed by atoms with Gasteiger partial charge in [0.2, 0.25) is 0 Å². The lowest BCUT2D eigenvalue weighted by atomic mass is 10.1. The molecule has 0 aliphatic carbocycles. The lowest BCUT2D eigenvalue weighted by Gasteiger charge is -2.16. The van der Waals surface area contributed by atoms with Crippen molar-refractivity contribution in [3.63, 3.8) is 0 Å². The van der Waals surface area contributed by atoms with Crippen LogP contribution in [0.2, 0.25) is 4.34 Å². The molecular formula is C19H20ClFN4OS. The minimum atomic E-state index is -0.293. The van der Waals surface area contributed by atoms with Crippen LogP contribution in [0.15, 0.2) is 36.5 Å². The molecule has 1 aromatic carbocycles. The fourth-order valence-corrected chi connectivity index (χ4v) is 4.11. The number of carbonyl (C=O) groups excluding carboxylic acids is 1. The first kappa shape index (κ1) is 19.5. The Morgan fingerprint density at radius 2 is 2.11 bits per heavy atom. The minimum absolute atomic E-state index is 0.231. The zero-order valence-electron chi connectivity index (χ0n) is 15.0. The highest BCUT2D eigenvalue weighted by atomic mass is 35.5. The van der Waals surface area contributed by atoms with Crippen LogP contribution in [0.25, 0.3) is 11.3 Å². The van der Waals surface area contributed by atoms with Crippen LogP contribution in [0, 0.1) is 12.7 Å². The van der Waals surface area contributed by atoms with Gasteiger partial charge in [-0.15, -0.1) is 11.3 Å². The van der Waals surface area contributed by atoms with Gasteiger partial charge in [-0.25, -0.2) is 4.39 Å². The van der Waals surface area contributed by atoms with Crippen molar-refractivity contribution in [2.45, 2.75) is 19.4 Å². The molecule has 3 rings (SSSR count). The molecule has 0 aliphatic heterocycles. The summed E-state index contributed by atoms with van der Waals surface area (Å²) < 4.78 is 15.3. The normalized spacial score (nSPS) is 12.2. The van der Waals surface area contributed by atoms with Gasteiger partial charge in [-0.05, 0) is 42.7 Å². The molecule has 0 radical (unpaired) electrons. The first-order valence-electron chi connectivity index (χ1n) is 8.42. The van der Waals surface area contributed by atoms with Gasteiger partial charge < -0.3 is 11.1 Å². The molecule has 0 aliphatic rings. The number of aryl methyl sites for hydroxylation is 2. The molecule has 1 amide bonds. The van der Waals surface area contributed by atoms with Crippen LogP contribution < -0.4 is 11.1 Å². The van der Waals surface area contributed by atoms with Gasteiger partial charge in [0.15, 0.2) is 0 Å². The van der Waals surface area contributed by atoms with Crippen LogP contribution in [-0.2, 0) is 13.5 Å². The molecule has 1 unspecified atom stereocenters. The summed E-state index contributed by atoms with van der Waals surface area (Å²) >= 11 is 7.60. The third kappa shape index (κ3) is 4.37. The van der Waals surface area contributed by atoms with Crippen molar-refractivity contribution in [2.75, 3.05) is 6.54 Å². The van der Waals surface area contributed by atoms with Gasteiger partial charge in [0, 0.05) is 25.2 Å². The number of hydrogen-bond acceptors (Lipinski definition) is 4. The molecule has 0 saturated carbocycles. The minimum Gasteiger partial charge on any atom is -0.347 e. The van der Waals surface area contributed by atoms with E-state index in [4.69, 9.17) is 17.3 Å². The zero-order chi connectivity index (χ0) is 19.6. The topological polar surface area (TPSA) is 72.9 Å². The SMILES string of the molecule is Cc1cnn(C)c1-c1cc(C(=O)NC(CN)Cc2ccc(F)cc2)sc1Cl. The lowest BCUT2D eigenvalue weighted by Crippen LogP contribution is -2.41. The molecule has 5 nitrogen and oxygen atoms in total. The van der Waals surface area contributed by atoms with Gasteiger partial charge in [-0.3, -0.25) is 9.48 Å². The highest BCUT2D eigenvalue weighted by Gasteiger charge is 2.20. The van der Waals surface area contributed by atoms with Crippen molar-refractivity contribution in [1.29, 1.82) is 0 Å². The first-order chi connectivity index (χ1) is 12.9. The van der Waals surface area contributed by atoms with Crippen molar-refractivity contribution in [3.05, 3.63) is 62.7 Å². The van der Waals surface area contributed by atoms with Gasteiger partial charge in [-0.1, -0.05) is 23.7 Å². The van der Waals surface area contributed by atoms with Crippen molar-refractivity contribution in [2.24, 2.45) is 12.8 Å². The molecule has 142 valence electrons. The summed E-state index contributed by atoms with van der Waals surface area (Å²) in [4.78, 5) is 13.2. The maximum absolute atomic E-state index is 13.0. The van der Waals surface area contributed by atoms with E-state index in [0.717, 1.165) is 22.4 Å². The molecule has 0 bridgehead atoms. The van der Waals surface area contributed by atoms with Crippen molar-refractivity contribution in [3.8, 4) is 11.3 Å². The third-order valence-corrected chi connectivity index (χ3v) is 5.66. The largest absolute Gasteiger partial charge is 0.347 e. The van der Waals surface area contributed by atoms with Crippen molar-refractivity contribution < 1.29 is 9.18 Å². The number of hydrogen-bond donors (Lipinski definition) is 2. The number of nitrogens with two attached hydrogens (primary N) is 1. The number of carbonyl (C=O) groups is 1. The Hall–Kier alpha value is -2.22. The number of nitrogens with one attached hydrogen (secondary N) is 1. The smallest absolute Gasteiger partial charge is 0.261 e. The molecule has 2 aromatic heterocycles. The van der Waals surface area contributed by atoms with E-state index in [0.29, 0.717) is 15.6 Å². The highest BCUT2D eigenvalue weighted by molar-refractivity contribution is 7.18. The van der Waals surface area contributed by atoms with Gasteiger partial charge in [0.05, 0.1) is 16.8 Å². The Kier molecular flexibility index (Phi) is 5.94. The summed E-state index contributed by atoms with van der Waals surface area (Å²) in [5.74, 6) is -0.524. The Balaban J connectivity index is 1.75. The van der Waals surface area contributed by atoms with E-state index < -0.39 is 0 Å². The fraction of sp³-hybridized carbons (Fsp3) is 0.263. The monoisotopic (exact) mass is 406 g/mol. The van der Waals surface area contributed by atoms with Gasteiger partial charge in [-0.2, -0.15) is 5.10 Å². The maximum atomic E-state index is 13.0. The first-order valence-corrected chi connectivity index (χ1v) is 9.62. The third-order valence-electron chi connectivity index (χ3n) is 4.30. The van der Waals surface area contributed by atoms with E-state index in [1.165, 1.54) is 23.5 Å². The fourth-order valence-electron chi connectivity index (χ4n) is 2.93. The quantitative estimate of drug-likeness (QED) is 0.657. The van der Waals surface area contributed by atoms with Crippen LogP contribution >= 0.6 is 22.9 Å². The van der Waals surface area contributed by atoms with Crippen LogP contribution in [0.5, 0.6) is 0 Å². The molecule has 27 heavy (non-hydrogen) atoms. The Bertz CT molecular complexity index is 932. The van der Waals surface area contributed by atoms with E-state index in [-0.39, 0.29) is 24.3 Å². The molecule has 3 N–H and O–H groups in total. The average molecular weight is 407 g/mol. The van der Waals surface area contributed by atoms with E-state index in [1.807, 2.05) is 14.0 Å². The van der Waals surface area contributed by atoms with E-state index in [2.05, 4.69) is 10.4 Å². The van der Waals surface area contributed by atoms with Crippen LogP contribution in [0.1, 0.15) is 20.8 Å². The van der Waals surface area contributed by atoms with Crippen LogP contribution in [0.3, 0.4) is 0 Å². The van der Waals surface area contributed by atoms with Crippen LogP contribution in [0.4, 0.5) is 4.39 Å². The second kappa shape index (κ2) is 8.21. The van der Waals surface area contributed by atoms with Gasteiger partial charge >= 0.3 is 0 Å². The Morgan fingerprint density at radius 1 is 1.41 bits per heavy atom. The number of rotatable bonds is 6. The predicted octanol–water partition coefficient (Wildman–Crippen LogP) is 3.55. The number of nitrogens with zero attached hydrogens (tertiary/aromatic N) is 2. The second-order valence-electron chi connectivity index (χ2n) is 6.33. The summed E-state index contributed by atoms with van der Waals surface area (Å²) in [6.45, 7) is 2.22. The zero-order valence-corrected chi connectivity index (χ0v) is 16.6. The average Bonchev–Trinajstić information content (AvgIpc) is 3.18. The lowest BCUT2D eigenvalue weighted by molar-refractivity contribution is 0.0942. The Labute approximate surface area is 166 Å². The number of benzene rings is 1. The number of halogens is 2. The summed E-state index contributed by atoms with van der Waals surface area (Å²) in [7, 11) is 1.84.